The monoisotopic (exact) mass is 614 g/mol. The summed E-state index contributed by atoms with van der Waals surface area (Å²) in [6.45, 7) is 2.99. The Balaban J connectivity index is 1.13. The van der Waals surface area contributed by atoms with Crippen LogP contribution < -0.4 is 16.0 Å². The van der Waals surface area contributed by atoms with Crippen molar-refractivity contribution in [1.29, 1.82) is 0 Å². The van der Waals surface area contributed by atoms with Crippen molar-refractivity contribution < 1.29 is 27.6 Å². The molecule has 45 heavy (non-hydrogen) atoms. The summed E-state index contributed by atoms with van der Waals surface area (Å²) >= 11 is 0. The fourth-order valence-corrected chi connectivity index (χ4v) is 5.26. The highest BCUT2D eigenvalue weighted by Crippen LogP contribution is 2.36. The van der Waals surface area contributed by atoms with Crippen LogP contribution in [0.15, 0.2) is 79.0 Å². The quantitative estimate of drug-likeness (QED) is 0.202. The van der Waals surface area contributed by atoms with Gasteiger partial charge < -0.3 is 30.7 Å². The number of hydrogen-bond donors (Lipinski definition) is 4. The molecule has 0 radical (unpaired) electrons. The highest BCUT2D eigenvalue weighted by Gasteiger charge is 2.31. The lowest BCUT2D eigenvalue weighted by Crippen LogP contribution is -2.47. The average Bonchev–Trinajstić information content (AvgIpc) is 3.61. The van der Waals surface area contributed by atoms with Gasteiger partial charge in [-0.2, -0.15) is 13.2 Å². The minimum atomic E-state index is -4.55. The van der Waals surface area contributed by atoms with Crippen LogP contribution in [0.25, 0.3) is 11.6 Å². The number of rotatable bonds is 6. The third-order valence-electron chi connectivity index (χ3n) is 7.71. The van der Waals surface area contributed by atoms with Gasteiger partial charge in [-0.25, -0.2) is 0 Å². The largest absolute Gasteiger partial charge is 0.416 e. The first-order valence-electron chi connectivity index (χ1n) is 14.2. The van der Waals surface area contributed by atoms with E-state index in [1.807, 2.05) is 11.9 Å². The normalized spacial score (nSPS) is 16.0. The number of amides is 3. The van der Waals surface area contributed by atoms with Crippen LogP contribution in [0.5, 0.6) is 0 Å². The van der Waals surface area contributed by atoms with Gasteiger partial charge in [0.2, 0.25) is 0 Å². The Labute approximate surface area is 256 Å². The van der Waals surface area contributed by atoms with E-state index in [0.29, 0.717) is 58.2 Å². The van der Waals surface area contributed by atoms with E-state index in [2.05, 4.69) is 25.8 Å². The molecule has 4 aromatic rings. The lowest BCUT2D eigenvalue weighted by Gasteiger charge is -2.32. The van der Waals surface area contributed by atoms with Crippen molar-refractivity contribution in [2.24, 2.45) is 0 Å². The summed E-state index contributed by atoms with van der Waals surface area (Å²) in [5, 5.41) is 8.72. The molecule has 3 aromatic carbocycles. The molecule has 0 aliphatic carbocycles. The molecule has 2 aliphatic rings. The smallest absolute Gasteiger partial charge is 0.361 e. The number of anilines is 4. The Hall–Kier alpha value is -5.36. The molecule has 9 nitrogen and oxygen atoms in total. The van der Waals surface area contributed by atoms with Crippen molar-refractivity contribution in [2.45, 2.75) is 6.18 Å². The third kappa shape index (κ3) is 6.60. The molecule has 1 saturated heterocycles. The Morgan fingerprint density at radius 1 is 0.867 bits per heavy atom. The van der Waals surface area contributed by atoms with Crippen LogP contribution in [0.3, 0.4) is 0 Å². The molecule has 12 heteroatoms. The van der Waals surface area contributed by atoms with E-state index in [1.165, 1.54) is 12.1 Å². The Morgan fingerprint density at radius 2 is 1.60 bits per heavy atom. The van der Waals surface area contributed by atoms with Gasteiger partial charge in [-0.1, -0.05) is 18.2 Å². The van der Waals surface area contributed by atoms with Gasteiger partial charge in [0, 0.05) is 66.3 Å². The molecular weight excluding hydrogens is 585 g/mol. The van der Waals surface area contributed by atoms with Gasteiger partial charge in [-0.05, 0) is 67.7 Å². The number of halogens is 3. The summed E-state index contributed by atoms with van der Waals surface area (Å²) in [7, 11) is 2.03. The summed E-state index contributed by atoms with van der Waals surface area (Å²) < 4.78 is 39.2. The topological polar surface area (TPSA) is 110 Å². The predicted octanol–water partition coefficient (Wildman–Crippen LogP) is 5.91. The SMILES string of the molecule is CN1CCN(C(=O)c2c[nH]c(C=C3C(=O)Nc4cc(Nc5cccc(NC(=O)c6cccc(C(F)(F)F)c6)c5)ccc43)c2)CC1. The molecule has 0 bridgehead atoms. The van der Waals surface area contributed by atoms with Gasteiger partial charge in [0.1, 0.15) is 0 Å². The number of benzene rings is 3. The maximum Gasteiger partial charge on any atom is 0.416 e. The summed E-state index contributed by atoms with van der Waals surface area (Å²) in [6.07, 6.45) is -1.18. The number of hydrogen-bond acceptors (Lipinski definition) is 5. The first kappa shape index (κ1) is 29.7. The second-order valence-corrected chi connectivity index (χ2v) is 11.0. The number of H-pyrrole nitrogens is 1. The van der Waals surface area contributed by atoms with Gasteiger partial charge in [0.15, 0.2) is 0 Å². The van der Waals surface area contributed by atoms with Crippen molar-refractivity contribution in [2.75, 3.05) is 49.2 Å². The summed E-state index contributed by atoms with van der Waals surface area (Å²) in [5.41, 5.74) is 3.58. The molecule has 230 valence electrons. The molecule has 0 saturated carbocycles. The van der Waals surface area contributed by atoms with E-state index >= 15 is 0 Å². The maximum atomic E-state index is 13.1. The minimum Gasteiger partial charge on any atom is -0.361 e. The number of fused-ring (bicyclic) bond motifs is 1. The van der Waals surface area contributed by atoms with Gasteiger partial charge in [-0.3, -0.25) is 14.4 Å². The van der Waals surface area contributed by atoms with E-state index in [1.54, 1.807) is 60.8 Å². The molecule has 3 amide bonds. The zero-order valence-electron chi connectivity index (χ0n) is 24.2. The van der Waals surface area contributed by atoms with E-state index in [4.69, 9.17) is 0 Å². The number of piperazine rings is 1. The van der Waals surface area contributed by atoms with E-state index in [-0.39, 0.29) is 17.4 Å². The number of likely N-dealkylation sites (N-methyl/N-ethyl adjacent to an activating group) is 1. The lowest BCUT2D eigenvalue weighted by molar-refractivity contribution is -0.137. The van der Waals surface area contributed by atoms with E-state index < -0.39 is 17.6 Å². The molecule has 3 heterocycles. The molecule has 2 aliphatic heterocycles. The molecule has 1 aromatic heterocycles. The Morgan fingerprint density at radius 3 is 2.38 bits per heavy atom. The van der Waals surface area contributed by atoms with Crippen molar-refractivity contribution in [3.8, 4) is 0 Å². The van der Waals surface area contributed by atoms with E-state index in [0.717, 1.165) is 25.2 Å². The predicted molar refractivity (Wildman–Crippen MR) is 166 cm³/mol. The van der Waals surface area contributed by atoms with Crippen LogP contribution in [-0.2, 0) is 11.0 Å². The fraction of sp³-hybridized carbons (Fsp3) is 0.182. The molecule has 6 rings (SSSR count). The molecular formula is C33H29F3N6O3. The zero-order chi connectivity index (χ0) is 31.7. The van der Waals surface area contributed by atoms with Crippen LogP contribution in [0.1, 0.15) is 37.5 Å². The molecule has 4 N–H and O–H groups in total. The van der Waals surface area contributed by atoms with Crippen LogP contribution in [0.4, 0.5) is 35.9 Å². The van der Waals surface area contributed by atoms with Crippen molar-refractivity contribution >= 4 is 52.1 Å². The fourth-order valence-electron chi connectivity index (χ4n) is 5.26. The van der Waals surface area contributed by atoms with E-state index in [9.17, 15) is 27.6 Å². The zero-order valence-corrected chi connectivity index (χ0v) is 24.2. The van der Waals surface area contributed by atoms with Crippen LogP contribution >= 0.6 is 0 Å². The van der Waals surface area contributed by atoms with Crippen LogP contribution in [0.2, 0.25) is 0 Å². The van der Waals surface area contributed by atoms with Gasteiger partial charge >= 0.3 is 6.18 Å². The highest BCUT2D eigenvalue weighted by molar-refractivity contribution is 6.35. The summed E-state index contributed by atoms with van der Waals surface area (Å²) in [6, 6.07) is 18.1. The average molecular weight is 615 g/mol. The first-order chi connectivity index (χ1) is 21.5. The maximum absolute atomic E-state index is 13.1. The van der Waals surface area contributed by atoms with Gasteiger partial charge in [-0.15, -0.1) is 0 Å². The lowest BCUT2D eigenvalue weighted by atomic mass is 10.1. The van der Waals surface area contributed by atoms with Gasteiger partial charge in [0.05, 0.1) is 22.4 Å². The van der Waals surface area contributed by atoms with Gasteiger partial charge in [0.25, 0.3) is 17.7 Å². The standard InChI is InChI=1S/C33H29F3N6O3/c1-41-10-12-42(13-11-41)32(45)21-15-26(37-19-21)17-28-27-9-8-25(18-29(27)40-31(28)44)38-23-6-3-7-24(16-23)39-30(43)20-4-2-5-22(14-20)33(34,35)36/h2-9,14-19,37-38H,10-13H2,1H3,(H,39,43)(H,40,44). The molecule has 0 unspecified atom stereocenters. The van der Waals surface area contributed by atoms with Crippen LogP contribution in [-0.4, -0.2) is 65.7 Å². The highest BCUT2D eigenvalue weighted by atomic mass is 19.4. The number of nitrogens with one attached hydrogen (secondary N) is 4. The number of nitrogens with zero attached hydrogens (tertiary/aromatic N) is 2. The van der Waals surface area contributed by atoms with Crippen molar-refractivity contribution in [1.82, 2.24) is 14.8 Å². The first-order valence-corrected chi connectivity index (χ1v) is 14.2. The Kier molecular flexibility index (Phi) is 7.90. The number of alkyl halides is 3. The second-order valence-electron chi connectivity index (χ2n) is 11.0. The summed E-state index contributed by atoms with van der Waals surface area (Å²) in [4.78, 5) is 45.5. The number of carbonyl (C=O) groups excluding carboxylic acids is 3. The number of aromatic nitrogens is 1. The second kappa shape index (κ2) is 12.0. The molecule has 1 fully saturated rings. The number of aromatic amines is 1. The van der Waals surface area contributed by atoms with Crippen molar-refractivity contribution in [3.63, 3.8) is 0 Å². The molecule has 0 atom stereocenters. The third-order valence-corrected chi connectivity index (χ3v) is 7.71. The van der Waals surface area contributed by atoms with Crippen molar-refractivity contribution in [3.05, 3.63) is 107 Å². The minimum absolute atomic E-state index is 0.0460. The van der Waals surface area contributed by atoms with Crippen LogP contribution in [0, 0.1) is 0 Å². The summed E-state index contributed by atoms with van der Waals surface area (Å²) in [5.74, 6) is -0.992. The number of carbonyl (C=O) groups is 3. The molecule has 0 spiro atoms. The Bertz CT molecular complexity index is 1820.